The van der Waals surface area contributed by atoms with E-state index in [9.17, 15) is 0 Å². The van der Waals surface area contributed by atoms with Crippen molar-refractivity contribution in [3.63, 3.8) is 0 Å². The highest BCUT2D eigenvalue weighted by atomic mass is 35.5. The van der Waals surface area contributed by atoms with Gasteiger partial charge in [-0.25, -0.2) is 0 Å². The number of hydrogen-bond acceptors (Lipinski definition) is 2. The lowest BCUT2D eigenvalue weighted by atomic mass is 10.0. The highest BCUT2D eigenvalue weighted by molar-refractivity contribution is 6.30. The third-order valence-corrected chi connectivity index (χ3v) is 4.65. The standard InChI is InChI=1S/C16H23ClN2/c1-12(13-4-6-14(17)7-5-13)19-10-2-3-16(11-19)18-15-8-9-15/h4-7,12,15-16,18H,2-3,8-11H2,1H3. The number of likely N-dealkylation sites (tertiary alicyclic amines) is 1. The average molecular weight is 279 g/mol. The van der Waals surface area contributed by atoms with Crippen LogP contribution in [-0.2, 0) is 0 Å². The third-order valence-electron chi connectivity index (χ3n) is 4.40. The van der Waals surface area contributed by atoms with E-state index in [0.717, 1.165) is 11.1 Å². The molecule has 1 saturated carbocycles. The second-order valence-electron chi connectivity index (χ2n) is 6.00. The Morgan fingerprint density at radius 3 is 2.58 bits per heavy atom. The summed E-state index contributed by atoms with van der Waals surface area (Å²) < 4.78 is 0. The van der Waals surface area contributed by atoms with Crippen LogP contribution in [0.2, 0.25) is 5.02 Å². The molecule has 0 amide bonds. The molecule has 1 aromatic rings. The van der Waals surface area contributed by atoms with Crippen LogP contribution in [0.1, 0.15) is 44.2 Å². The largest absolute Gasteiger partial charge is 0.310 e. The van der Waals surface area contributed by atoms with Crippen molar-refractivity contribution in [2.75, 3.05) is 13.1 Å². The highest BCUT2D eigenvalue weighted by Crippen LogP contribution is 2.27. The molecule has 19 heavy (non-hydrogen) atoms. The number of nitrogens with one attached hydrogen (secondary N) is 1. The maximum Gasteiger partial charge on any atom is 0.0406 e. The first-order valence-electron chi connectivity index (χ1n) is 7.48. The summed E-state index contributed by atoms with van der Waals surface area (Å²) in [4.78, 5) is 2.60. The van der Waals surface area contributed by atoms with Crippen LogP contribution in [0.4, 0.5) is 0 Å². The van der Waals surface area contributed by atoms with E-state index in [1.54, 1.807) is 0 Å². The Morgan fingerprint density at radius 2 is 1.89 bits per heavy atom. The van der Waals surface area contributed by atoms with Gasteiger partial charge in [0.1, 0.15) is 0 Å². The van der Waals surface area contributed by atoms with E-state index in [4.69, 9.17) is 11.6 Å². The first-order valence-corrected chi connectivity index (χ1v) is 7.86. The van der Waals surface area contributed by atoms with Crippen LogP contribution in [0.5, 0.6) is 0 Å². The molecule has 1 aliphatic carbocycles. The van der Waals surface area contributed by atoms with Crippen LogP contribution in [0, 0.1) is 0 Å². The molecule has 0 radical (unpaired) electrons. The van der Waals surface area contributed by atoms with Gasteiger partial charge in [-0.15, -0.1) is 0 Å². The van der Waals surface area contributed by atoms with Gasteiger partial charge in [-0.05, 0) is 56.8 Å². The zero-order valence-corrected chi connectivity index (χ0v) is 12.4. The van der Waals surface area contributed by atoms with Crippen LogP contribution in [0.25, 0.3) is 0 Å². The van der Waals surface area contributed by atoms with Crippen LogP contribution < -0.4 is 5.32 Å². The molecule has 1 aromatic carbocycles. The number of piperidine rings is 1. The topological polar surface area (TPSA) is 15.3 Å². The SMILES string of the molecule is CC(c1ccc(Cl)cc1)N1CCCC(NC2CC2)C1. The van der Waals surface area contributed by atoms with Gasteiger partial charge >= 0.3 is 0 Å². The number of benzene rings is 1. The Bertz CT molecular complexity index is 413. The monoisotopic (exact) mass is 278 g/mol. The van der Waals surface area contributed by atoms with Crippen LogP contribution in [0.15, 0.2) is 24.3 Å². The van der Waals surface area contributed by atoms with Gasteiger partial charge in [-0.1, -0.05) is 23.7 Å². The van der Waals surface area contributed by atoms with E-state index < -0.39 is 0 Å². The Morgan fingerprint density at radius 1 is 1.16 bits per heavy atom. The number of rotatable bonds is 4. The van der Waals surface area contributed by atoms with E-state index in [1.165, 1.54) is 44.3 Å². The lowest BCUT2D eigenvalue weighted by molar-refractivity contribution is 0.145. The fraction of sp³-hybridized carbons (Fsp3) is 0.625. The molecule has 2 atom stereocenters. The lowest BCUT2D eigenvalue weighted by Crippen LogP contribution is -2.47. The molecule has 2 aliphatic rings. The average Bonchev–Trinajstić information content (AvgIpc) is 3.23. The van der Waals surface area contributed by atoms with Gasteiger partial charge in [0.15, 0.2) is 0 Å². The summed E-state index contributed by atoms with van der Waals surface area (Å²) >= 11 is 5.97. The number of nitrogens with zero attached hydrogens (tertiary/aromatic N) is 1. The zero-order valence-electron chi connectivity index (χ0n) is 11.6. The molecular weight excluding hydrogens is 256 g/mol. The van der Waals surface area contributed by atoms with Crippen LogP contribution >= 0.6 is 11.6 Å². The normalized spacial score (nSPS) is 26.3. The first kappa shape index (κ1) is 13.4. The summed E-state index contributed by atoms with van der Waals surface area (Å²) in [5, 5.41) is 4.60. The highest BCUT2D eigenvalue weighted by Gasteiger charge is 2.29. The fourth-order valence-electron chi connectivity index (χ4n) is 3.03. The molecule has 2 nitrogen and oxygen atoms in total. The van der Waals surface area contributed by atoms with Crippen molar-refractivity contribution >= 4 is 11.6 Å². The van der Waals surface area contributed by atoms with Crippen molar-refractivity contribution in [1.82, 2.24) is 10.2 Å². The molecular formula is C16H23ClN2. The molecule has 0 aromatic heterocycles. The third kappa shape index (κ3) is 3.50. The molecule has 1 saturated heterocycles. The van der Waals surface area contributed by atoms with E-state index in [0.29, 0.717) is 12.1 Å². The van der Waals surface area contributed by atoms with Crippen molar-refractivity contribution in [3.8, 4) is 0 Å². The smallest absolute Gasteiger partial charge is 0.0406 e. The van der Waals surface area contributed by atoms with Crippen LogP contribution in [0.3, 0.4) is 0 Å². The summed E-state index contributed by atoms with van der Waals surface area (Å²) in [6.07, 6.45) is 5.40. The van der Waals surface area contributed by atoms with E-state index in [2.05, 4.69) is 29.3 Å². The number of hydrogen-bond donors (Lipinski definition) is 1. The minimum absolute atomic E-state index is 0.487. The van der Waals surface area contributed by atoms with Crippen molar-refractivity contribution in [2.24, 2.45) is 0 Å². The fourth-order valence-corrected chi connectivity index (χ4v) is 3.16. The van der Waals surface area contributed by atoms with Crippen molar-refractivity contribution in [2.45, 2.75) is 50.7 Å². The maximum absolute atomic E-state index is 5.97. The van der Waals surface area contributed by atoms with Crippen molar-refractivity contribution in [3.05, 3.63) is 34.9 Å². The predicted molar refractivity (Wildman–Crippen MR) is 80.6 cm³/mol. The molecule has 2 fully saturated rings. The van der Waals surface area contributed by atoms with Gasteiger partial charge < -0.3 is 5.32 Å². The Labute approximate surface area is 121 Å². The minimum Gasteiger partial charge on any atom is -0.310 e. The number of halogens is 1. The predicted octanol–water partition coefficient (Wildman–Crippen LogP) is 3.62. The Hall–Kier alpha value is -0.570. The van der Waals surface area contributed by atoms with Gasteiger partial charge in [0, 0.05) is 29.7 Å². The van der Waals surface area contributed by atoms with Gasteiger partial charge in [0.25, 0.3) is 0 Å². The molecule has 3 rings (SSSR count). The second-order valence-corrected chi connectivity index (χ2v) is 6.44. The molecule has 3 heteroatoms. The van der Waals surface area contributed by atoms with Gasteiger partial charge in [0.2, 0.25) is 0 Å². The van der Waals surface area contributed by atoms with E-state index in [1.807, 2.05) is 12.1 Å². The van der Waals surface area contributed by atoms with Gasteiger partial charge in [-0.3, -0.25) is 4.90 Å². The van der Waals surface area contributed by atoms with Crippen molar-refractivity contribution < 1.29 is 0 Å². The molecule has 1 aliphatic heterocycles. The first-order chi connectivity index (χ1) is 9.22. The lowest BCUT2D eigenvalue weighted by Gasteiger charge is -2.37. The van der Waals surface area contributed by atoms with Gasteiger partial charge in [0.05, 0.1) is 0 Å². The van der Waals surface area contributed by atoms with Gasteiger partial charge in [-0.2, -0.15) is 0 Å². The molecule has 0 bridgehead atoms. The molecule has 2 unspecified atom stereocenters. The summed E-state index contributed by atoms with van der Waals surface area (Å²) in [6.45, 7) is 4.70. The quantitative estimate of drug-likeness (QED) is 0.905. The Balaban J connectivity index is 1.61. The molecule has 104 valence electrons. The van der Waals surface area contributed by atoms with E-state index >= 15 is 0 Å². The summed E-state index contributed by atoms with van der Waals surface area (Å²) in [7, 11) is 0. The van der Waals surface area contributed by atoms with Crippen molar-refractivity contribution in [1.29, 1.82) is 0 Å². The summed E-state index contributed by atoms with van der Waals surface area (Å²) in [5.41, 5.74) is 1.37. The summed E-state index contributed by atoms with van der Waals surface area (Å²) in [6, 6.07) is 10.3. The second kappa shape index (κ2) is 5.82. The zero-order chi connectivity index (χ0) is 13.2. The molecule has 0 spiro atoms. The van der Waals surface area contributed by atoms with E-state index in [-0.39, 0.29) is 0 Å². The molecule has 1 N–H and O–H groups in total. The molecule has 1 heterocycles. The van der Waals surface area contributed by atoms with Crippen LogP contribution in [-0.4, -0.2) is 30.1 Å². The maximum atomic E-state index is 5.97. The Kier molecular flexibility index (Phi) is 4.11. The minimum atomic E-state index is 0.487. The summed E-state index contributed by atoms with van der Waals surface area (Å²) in [5.74, 6) is 0.